The van der Waals surface area contributed by atoms with Crippen LogP contribution in [0.1, 0.15) is 61.1 Å². The van der Waals surface area contributed by atoms with Crippen molar-refractivity contribution in [3.05, 3.63) is 71.3 Å². The van der Waals surface area contributed by atoms with E-state index in [0.29, 0.717) is 0 Å². The molecule has 0 aromatic heterocycles. The molecule has 0 amide bonds. The maximum absolute atomic E-state index is 6.00. The van der Waals surface area contributed by atoms with E-state index < -0.39 is 0 Å². The lowest BCUT2D eigenvalue weighted by Crippen LogP contribution is -2.04. The van der Waals surface area contributed by atoms with Crippen LogP contribution in [0.4, 0.5) is 11.4 Å². The molecule has 2 heteroatoms. The highest BCUT2D eigenvalue weighted by atomic mass is 14.6. The SMILES string of the molecule is Nc1ccc(CC/C=C/Cc2ccc(C3CCCCC3)cc2)c(N)c1. The second kappa shape index (κ2) is 8.75. The van der Waals surface area contributed by atoms with Gasteiger partial charge in [-0.2, -0.15) is 0 Å². The molecular weight excluding hydrogens is 304 g/mol. The van der Waals surface area contributed by atoms with Crippen molar-refractivity contribution < 1.29 is 0 Å². The number of aryl methyl sites for hydroxylation is 1. The Morgan fingerprint density at radius 1 is 0.880 bits per heavy atom. The van der Waals surface area contributed by atoms with Gasteiger partial charge < -0.3 is 11.5 Å². The highest BCUT2D eigenvalue weighted by molar-refractivity contribution is 5.56. The van der Waals surface area contributed by atoms with Crippen LogP contribution in [0.5, 0.6) is 0 Å². The van der Waals surface area contributed by atoms with Crippen LogP contribution >= 0.6 is 0 Å². The van der Waals surface area contributed by atoms with E-state index >= 15 is 0 Å². The van der Waals surface area contributed by atoms with Crippen LogP contribution in [0.25, 0.3) is 0 Å². The molecule has 3 rings (SSSR count). The fourth-order valence-electron chi connectivity index (χ4n) is 3.78. The fraction of sp³-hybridized carbons (Fsp3) is 0.391. The molecule has 0 aliphatic heterocycles. The normalized spacial score (nSPS) is 15.7. The summed E-state index contributed by atoms with van der Waals surface area (Å²) < 4.78 is 0. The molecule has 0 unspecified atom stereocenters. The molecular formula is C23H30N2. The van der Waals surface area contributed by atoms with E-state index in [0.717, 1.165) is 36.6 Å². The molecule has 4 N–H and O–H groups in total. The second-order valence-electron chi connectivity index (χ2n) is 7.25. The lowest BCUT2D eigenvalue weighted by atomic mass is 9.84. The van der Waals surface area contributed by atoms with E-state index in [9.17, 15) is 0 Å². The zero-order chi connectivity index (χ0) is 17.5. The summed E-state index contributed by atoms with van der Waals surface area (Å²) in [4.78, 5) is 0. The van der Waals surface area contributed by atoms with Crippen molar-refractivity contribution in [2.45, 2.75) is 57.3 Å². The lowest BCUT2D eigenvalue weighted by molar-refractivity contribution is 0.443. The molecule has 2 aromatic carbocycles. The van der Waals surface area contributed by atoms with Crippen molar-refractivity contribution in [1.82, 2.24) is 0 Å². The fourth-order valence-corrected chi connectivity index (χ4v) is 3.78. The maximum atomic E-state index is 6.00. The summed E-state index contributed by atoms with van der Waals surface area (Å²) in [6.07, 6.45) is 14.4. The third-order valence-corrected chi connectivity index (χ3v) is 5.33. The van der Waals surface area contributed by atoms with E-state index in [2.05, 4.69) is 36.4 Å². The van der Waals surface area contributed by atoms with Crippen molar-refractivity contribution in [2.75, 3.05) is 11.5 Å². The lowest BCUT2D eigenvalue weighted by Gasteiger charge is -2.22. The summed E-state index contributed by atoms with van der Waals surface area (Å²) in [6.45, 7) is 0. The first-order valence-electron chi connectivity index (χ1n) is 9.60. The van der Waals surface area contributed by atoms with E-state index in [1.54, 1.807) is 0 Å². The van der Waals surface area contributed by atoms with E-state index in [1.165, 1.54) is 48.8 Å². The van der Waals surface area contributed by atoms with Gasteiger partial charge >= 0.3 is 0 Å². The third kappa shape index (κ3) is 5.12. The Bertz CT molecular complexity index is 695. The Labute approximate surface area is 151 Å². The molecule has 0 atom stereocenters. The Kier molecular flexibility index (Phi) is 6.16. The number of anilines is 2. The van der Waals surface area contributed by atoms with Gasteiger partial charge in [-0.15, -0.1) is 0 Å². The number of hydrogen-bond donors (Lipinski definition) is 2. The molecule has 1 aliphatic carbocycles. The molecule has 2 nitrogen and oxygen atoms in total. The Morgan fingerprint density at radius 3 is 2.36 bits per heavy atom. The number of nitrogens with two attached hydrogens (primary N) is 2. The Balaban J connectivity index is 1.45. The van der Waals surface area contributed by atoms with Gasteiger partial charge in [0.1, 0.15) is 0 Å². The quantitative estimate of drug-likeness (QED) is 0.531. The van der Waals surface area contributed by atoms with Gasteiger partial charge in [0.2, 0.25) is 0 Å². The first kappa shape index (κ1) is 17.6. The highest BCUT2D eigenvalue weighted by Gasteiger charge is 2.14. The largest absolute Gasteiger partial charge is 0.399 e. The molecule has 0 radical (unpaired) electrons. The van der Waals surface area contributed by atoms with Crippen LogP contribution in [0.2, 0.25) is 0 Å². The summed E-state index contributed by atoms with van der Waals surface area (Å²) in [7, 11) is 0. The summed E-state index contributed by atoms with van der Waals surface area (Å²) >= 11 is 0. The molecule has 132 valence electrons. The topological polar surface area (TPSA) is 52.0 Å². The summed E-state index contributed by atoms with van der Waals surface area (Å²) in [5, 5.41) is 0. The van der Waals surface area contributed by atoms with Crippen molar-refractivity contribution in [3.63, 3.8) is 0 Å². The first-order chi connectivity index (χ1) is 12.2. The summed E-state index contributed by atoms with van der Waals surface area (Å²) in [6, 6.07) is 15.1. The van der Waals surface area contributed by atoms with Gasteiger partial charge in [-0.05, 0) is 66.8 Å². The molecule has 25 heavy (non-hydrogen) atoms. The molecule has 1 aliphatic rings. The van der Waals surface area contributed by atoms with Crippen LogP contribution in [-0.2, 0) is 12.8 Å². The maximum Gasteiger partial charge on any atom is 0.0367 e. The van der Waals surface area contributed by atoms with Gasteiger partial charge in [0.15, 0.2) is 0 Å². The minimum Gasteiger partial charge on any atom is -0.399 e. The number of hydrogen-bond acceptors (Lipinski definition) is 2. The average Bonchev–Trinajstić information content (AvgIpc) is 2.64. The molecule has 0 bridgehead atoms. The minimum absolute atomic E-state index is 0.730. The second-order valence-corrected chi connectivity index (χ2v) is 7.25. The molecule has 0 heterocycles. The van der Waals surface area contributed by atoms with Crippen LogP contribution < -0.4 is 11.5 Å². The number of benzene rings is 2. The minimum atomic E-state index is 0.730. The van der Waals surface area contributed by atoms with Crippen LogP contribution in [-0.4, -0.2) is 0 Å². The molecule has 0 spiro atoms. The van der Waals surface area contributed by atoms with E-state index in [4.69, 9.17) is 11.5 Å². The van der Waals surface area contributed by atoms with Gasteiger partial charge in [0.25, 0.3) is 0 Å². The van der Waals surface area contributed by atoms with Crippen LogP contribution in [0.3, 0.4) is 0 Å². The van der Waals surface area contributed by atoms with Crippen molar-refractivity contribution >= 4 is 11.4 Å². The van der Waals surface area contributed by atoms with Gasteiger partial charge in [0.05, 0.1) is 0 Å². The smallest absolute Gasteiger partial charge is 0.0367 e. The van der Waals surface area contributed by atoms with Gasteiger partial charge in [-0.25, -0.2) is 0 Å². The van der Waals surface area contributed by atoms with E-state index in [1.807, 2.05) is 18.2 Å². The summed E-state index contributed by atoms with van der Waals surface area (Å²) in [5.74, 6) is 0.795. The monoisotopic (exact) mass is 334 g/mol. The molecule has 1 saturated carbocycles. The predicted octanol–water partition coefficient (Wildman–Crippen LogP) is 5.63. The zero-order valence-electron chi connectivity index (χ0n) is 15.1. The van der Waals surface area contributed by atoms with Crippen molar-refractivity contribution in [2.24, 2.45) is 0 Å². The Morgan fingerprint density at radius 2 is 1.64 bits per heavy atom. The molecule has 0 saturated heterocycles. The number of rotatable bonds is 6. The first-order valence-corrected chi connectivity index (χ1v) is 9.60. The predicted molar refractivity (Wildman–Crippen MR) is 109 cm³/mol. The summed E-state index contributed by atoms with van der Waals surface area (Å²) in [5.41, 5.74) is 17.4. The van der Waals surface area contributed by atoms with Gasteiger partial charge in [-0.3, -0.25) is 0 Å². The van der Waals surface area contributed by atoms with Crippen LogP contribution in [0, 0.1) is 0 Å². The average molecular weight is 335 g/mol. The number of nitrogen functional groups attached to an aromatic ring is 2. The molecule has 1 fully saturated rings. The van der Waals surface area contributed by atoms with Gasteiger partial charge in [-0.1, -0.05) is 61.7 Å². The van der Waals surface area contributed by atoms with Gasteiger partial charge in [0, 0.05) is 11.4 Å². The molecule has 2 aromatic rings. The van der Waals surface area contributed by atoms with Crippen molar-refractivity contribution in [1.29, 1.82) is 0 Å². The van der Waals surface area contributed by atoms with E-state index in [-0.39, 0.29) is 0 Å². The standard InChI is InChI=1S/C23H30N2/c24-22-16-15-21(23(25)17-22)10-6-1-3-7-18-11-13-20(14-12-18)19-8-4-2-5-9-19/h1,3,11-17,19H,2,4-10,24-25H2/b3-1+. The van der Waals surface area contributed by atoms with Crippen molar-refractivity contribution in [3.8, 4) is 0 Å². The van der Waals surface area contributed by atoms with Crippen LogP contribution in [0.15, 0.2) is 54.6 Å². The number of allylic oxidation sites excluding steroid dienone is 2. The Hall–Kier alpha value is -2.22. The zero-order valence-corrected chi connectivity index (χ0v) is 15.1. The third-order valence-electron chi connectivity index (χ3n) is 5.33. The highest BCUT2D eigenvalue weighted by Crippen LogP contribution is 2.32.